The van der Waals surface area contributed by atoms with Gasteiger partial charge in [-0.3, -0.25) is 0 Å². The van der Waals surface area contributed by atoms with Crippen LogP contribution in [-0.4, -0.2) is 9.97 Å². The van der Waals surface area contributed by atoms with E-state index in [0.717, 1.165) is 29.6 Å². The van der Waals surface area contributed by atoms with Gasteiger partial charge in [-0.2, -0.15) is 0 Å². The second-order valence-electron chi connectivity index (χ2n) is 10.7. The molecule has 33 heavy (non-hydrogen) atoms. The summed E-state index contributed by atoms with van der Waals surface area (Å²) in [4.78, 5) is 9.57. The summed E-state index contributed by atoms with van der Waals surface area (Å²) in [5.74, 6) is 3.32. The third-order valence-corrected chi connectivity index (χ3v) is 7.52. The van der Waals surface area contributed by atoms with Crippen molar-refractivity contribution in [3.8, 4) is 11.1 Å². The standard InChI is InChI=1S/C31H46N2/c1-5-6-7-11-26-16-20-29(21-17-26)31-32-22-30(23-33-31)28-18-14-27(15-19-28)13-12-25(4)10-8-9-24(2)3/h9,14-15,18-19,22-23,25-26,29H,5-8,10-13,16-17,20-21H2,1-4H3. The predicted molar refractivity (Wildman–Crippen MR) is 142 cm³/mol. The van der Waals surface area contributed by atoms with Crippen molar-refractivity contribution in [2.75, 3.05) is 0 Å². The lowest BCUT2D eigenvalue weighted by atomic mass is 9.79. The molecule has 1 atom stereocenters. The van der Waals surface area contributed by atoms with Gasteiger partial charge in [-0.05, 0) is 88.2 Å². The zero-order valence-corrected chi connectivity index (χ0v) is 21.7. The Kier molecular flexibility index (Phi) is 10.6. The van der Waals surface area contributed by atoms with Gasteiger partial charge in [0.15, 0.2) is 0 Å². The minimum atomic E-state index is 0.558. The van der Waals surface area contributed by atoms with Crippen molar-refractivity contribution in [2.45, 2.75) is 111 Å². The number of unbranched alkanes of at least 4 members (excludes halogenated alkanes) is 2. The molecule has 0 saturated heterocycles. The molecule has 3 rings (SSSR count). The van der Waals surface area contributed by atoms with E-state index in [2.05, 4.69) is 58.0 Å². The van der Waals surface area contributed by atoms with Crippen molar-refractivity contribution in [1.29, 1.82) is 0 Å². The first-order chi connectivity index (χ1) is 16.0. The Balaban J connectivity index is 1.45. The number of benzene rings is 1. The van der Waals surface area contributed by atoms with Crippen LogP contribution in [-0.2, 0) is 6.42 Å². The van der Waals surface area contributed by atoms with Crippen molar-refractivity contribution in [2.24, 2.45) is 11.8 Å². The maximum atomic E-state index is 4.79. The van der Waals surface area contributed by atoms with Gasteiger partial charge in [-0.15, -0.1) is 0 Å². The molecule has 2 aromatic rings. The molecule has 180 valence electrons. The van der Waals surface area contributed by atoms with E-state index >= 15 is 0 Å². The second kappa shape index (κ2) is 13.7. The fourth-order valence-corrected chi connectivity index (χ4v) is 5.17. The number of nitrogens with zero attached hydrogens (tertiary/aromatic N) is 2. The average molecular weight is 447 g/mol. The molecule has 2 nitrogen and oxygen atoms in total. The summed E-state index contributed by atoms with van der Waals surface area (Å²) in [6, 6.07) is 9.05. The van der Waals surface area contributed by atoms with Crippen LogP contribution in [0.1, 0.15) is 116 Å². The summed E-state index contributed by atoms with van der Waals surface area (Å²) < 4.78 is 0. The van der Waals surface area contributed by atoms with Crippen molar-refractivity contribution in [3.63, 3.8) is 0 Å². The van der Waals surface area contributed by atoms with Crippen molar-refractivity contribution in [3.05, 3.63) is 59.7 Å². The lowest BCUT2D eigenvalue weighted by Crippen LogP contribution is -2.15. The van der Waals surface area contributed by atoms with Crippen LogP contribution in [0.3, 0.4) is 0 Å². The van der Waals surface area contributed by atoms with Crippen LogP contribution in [0.2, 0.25) is 0 Å². The first-order valence-electron chi connectivity index (χ1n) is 13.6. The molecule has 1 fully saturated rings. The molecule has 2 heteroatoms. The molecule has 1 aliphatic carbocycles. The zero-order valence-electron chi connectivity index (χ0n) is 21.7. The SMILES string of the molecule is CCCCCC1CCC(c2ncc(-c3ccc(CCC(C)CCC=C(C)C)cc3)cn2)CC1. The van der Waals surface area contributed by atoms with Gasteiger partial charge in [0.1, 0.15) is 5.82 Å². The maximum Gasteiger partial charge on any atom is 0.131 e. The van der Waals surface area contributed by atoms with Gasteiger partial charge in [0.2, 0.25) is 0 Å². The van der Waals surface area contributed by atoms with Gasteiger partial charge in [0.05, 0.1) is 0 Å². The molecule has 0 aliphatic heterocycles. The Hall–Kier alpha value is -1.96. The zero-order chi connectivity index (χ0) is 23.5. The second-order valence-corrected chi connectivity index (χ2v) is 10.7. The number of aryl methyl sites for hydroxylation is 1. The van der Waals surface area contributed by atoms with Crippen LogP contribution in [0.5, 0.6) is 0 Å². The number of rotatable bonds is 12. The third-order valence-electron chi connectivity index (χ3n) is 7.52. The molecule has 0 bridgehead atoms. The van der Waals surface area contributed by atoms with Crippen molar-refractivity contribution in [1.82, 2.24) is 9.97 Å². The molecular formula is C31H46N2. The third kappa shape index (κ3) is 8.72. The number of hydrogen-bond acceptors (Lipinski definition) is 2. The van der Waals surface area contributed by atoms with Crippen molar-refractivity contribution >= 4 is 0 Å². The van der Waals surface area contributed by atoms with Gasteiger partial charge < -0.3 is 0 Å². The van der Waals surface area contributed by atoms with Gasteiger partial charge >= 0.3 is 0 Å². The molecular weight excluding hydrogens is 400 g/mol. The van der Waals surface area contributed by atoms with E-state index in [4.69, 9.17) is 9.97 Å². The minimum Gasteiger partial charge on any atom is -0.240 e. The largest absolute Gasteiger partial charge is 0.240 e. The average Bonchev–Trinajstić information content (AvgIpc) is 2.84. The Morgan fingerprint density at radius 1 is 0.939 bits per heavy atom. The summed E-state index contributed by atoms with van der Waals surface area (Å²) >= 11 is 0. The van der Waals surface area contributed by atoms with E-state index in [1.807, 2.05) is 12.4 Å². The van der Waals surface area contributed by atoms with Crippen LogP contribution < -0.4 is 0 Å². The van der Waals surface area contributed by atoms with E-state index in [1.165, 1.54) is 87.3 Å². The lowest BCUT2D eigenvalue weighted by molar-refractivity contribution is 0.297. The summed E-state index contributed by atoms with van der Waals surface area (Å²) in [5.41, 5.74) is 5.22. The molecule has 1 heterocycles. The van der Waals surface area contributed by atoms with Crippen LogP contribution in [0.25, 0.3) is 11.1 Å². The molecule has 0 spiro atoms. The van der Waals surface area contributed by atoms with Crippen LogP contribution in [0.15, 0.2) is 48.3 Å². The number of aromatic nitrogens is 2. The molecule has 0 amide bonds. The van der Waals surface area contributed by atoms with Crippen LogP contribution in [0.4, 0.5) is 0 Å². The molecule has 0 radical (unpaired) electrons. The predicted octanol–water partition coefficient (Wildman–Crippen LogP) is 9.31. The Morgan fingerprint density at radius 2 is 1.64 bits per heavy atom. The monoisotopic (exact) mass is 446 g/mol. The van der Waals surface area contributed by atoms with Gasteiger partial charge in [0, 0.05) is 23.9 Å². The van der Waals surface area contributed by atoms with Gasteiger partial charge in [-0.1, -0.05) is 75.4 Å². The molecule has 0 N–H and O–H groups in total. The van der Waals surface area contributed by atoms with Crippen molar-refractivity contribution < 1.29 is 0 Å². The summed E-state index contributed by atoms with van der Waals surface area (Å²) in [5, 5.41) is 0. The Labute approximate surface area is 203 Å². The lowest BCUT2D eigenvalue weighted by Gasteiger charge is -2.27. The smallest absolute Gasteiger partial charge is 0.131 e. The van der Waals surface area contributed by atoms with E-state index in [-0.39, 0.29) is 0 Å². The summed E-state index contributed by atoms with van der Waals surface area (Å²) in [6.45, 7) is 9.05. The Morgan fingerprint density at radius 3 is 2.27 bits per heavy atom. The summed E-state index contributed by atoms with van der Waals surface area (Å²) in [7, 11) is 0. The highest BCUT2D eigenvalue weighted by Crippen LogP contribution is 2.36. The van der Waals surface area contributed by atoms with Gasteiger partial charge in [0.25, 0.3) is 0 Å². The first-order valence-corrected chi connectivity index (χ1v) is 13.6. The highest BCUT2D eigenvalue weighted by molar-refractivity contribution is 5.61. The van der Waals surface area contributed by atoms with E-state index in [1.54, 1.807) is 0 Å². The molecule has 1 aromatic heterocycles. The van der Waals surface area contributed by atoms with Crippen LogP contribution >= 0.6 is 0 Å². The molecule has 1 saturated carbocycles. The quantitative estimate of drug-likeness (QED) is 0.240. The number of hydrogen-bond donors (Lipinski definition) is 0. The van der Waals surface area contributed by atoms with Gasteiger partial charge in [-0.25, -0.2) is 9.97 Å². The topological polar surface area (TPSA) is 25.8 Å². The van der Waals surface area contributed by atoms with E-state index < -0.39 is 0 Å². The number of allylic oxidation sites excluding steroid dienone is 2. The molecule has 1 aliphatic rings. The molecule has 1 unspecified atom stereocenters. The first kappa shape index (κ1) is 25.7. The van der Waals surface area contributed by atoms with Crippen LogP contribution in [0, 0.1) is 11.8 Å². The van der Waals surface area contributed by atoms with E-state index in [9.17, 15) is 0 Å². The fraction of sp³-hybridized carbons (Fsp3) is 0.613. The van der Waals surface area contributed by atoms with E-state index in [0.29, 0.717) is 5.92 Å². The maximum absolute atomic E-state index is 4.79. The highest BCUT2D eigenvalue weighted by atomic mass is 14.9. The molecule has 1 aromatic carbocycles. The fourth-order valence-electron chi connectivity index (χ4n) is 5.17. The minimum absolute atomic E-state index is 0.558. The summed E-state index contributed by atoms with van der Waals surface area (Å²) in [6.07, 6.45) is 22.1. The highest BCUT2D eigenvalue weighted by Gasteiger charge is 2.23. The Bertz CT molecular complexity index is 822. The normalized spacial score (nSPS) is 19.3.